The second-order valence-corrected chi connectivity index (χ2v) is 8.23. The maximum absolute atomic E-state index is 12.4. The summed E-state index contributed by atoms with van der Waals surface area (Å²) < 4.78 is 21.8. The van der Waals surface area contributed by atoms with Gasteiger partial charge in [0.2, 0.25) is 11.8 Å². The van der Waals surface area contributed by atoms with Crippen LogP contribution >= 0.6 is 0 Å². The second kappa shape index (κ2) is 9.85. The van der Waals surface area contributed by atoms with Crippen LogP contribution in [-0.4, -0.2) is 47.1 Å². The molecule has 0 saturated heterocycles. The summed E-state index contributed by atoms with van der Waals surface area (Å²) in [5, 5.41) is 19.3. The molecule has 0 fully saturated rings. The van der Waals surface area contributed by atoms with Gasteiger partial charge < -0.3 is 29.2 Å². The monoisotopic (exact) mass is 479 g/mol. The number of aliphatic hydroxyl groups is 1. The van der Waals surface area contributed by atoms with Crippen molar-refractivity contribution in [2.24, 2.45) is 0 Å². The first-order chi connectivity index (χ1) is 16.8. The van der Waals surface area contributed by atoms with E-state index in [0.717, 1.165) is 0 Å². The number of aliphatic hydroxyl groups excluding tert-OH is 1. The summed E-state index contributed by atoms with van der Waals surface area (Å²) in [6.07, 6.45) is 1.39. The van der Waals surface area contributed by atoms with Crippen LogP contribution in [0.5, 0.6) is 23.1 Å². The molecule has 0 aliphatic heterocycles. The van der Waals surface area contributed by atoms with Gasteiger partial charge in [-0.25, -0.2) is 14.8 Å². The van der Waals surface area contributed by atoms with Crippen molar-refractivity contribution in [1.82, 2.24) is 15.1 Å². The Morgan fingerprint density at radius 2 is 1.83 bits per heavy atom. The molecule has 0 unspecified atom stereocenters. The fourth-order valence-electron chi connectivity index (χ4n) is 3.20. The molecular formula is C24H25N5O6. The third-order valence-electron chi connectivity index (χ3n) is 5.25. The van der Waals surface area contributed by atoms with E-state index in [-0.39, 0.29) is 12.5 Å². The van der Waals surface area contributed by atoms with Crippen LogP contribution in [0.3, 0.4) is 0 Å². The van der Waals surface area contributed by atoms with Gasteiger partial charge in [0, 0.05) is 29.3 Å². The van der Waals surface area contributed by atoms with Crippen molar-refractivity contribution in [3.63, 3.8) is 0 Å². The van der Waals surface area contributed by atoms with E-state index in [9.17, 15) is 9.90 Å². The summed E-state index contributed by atoms with van der Waals surface area (Å²) in [5.41, 5.74) is 1.04. The lowest BCUT2D eigenvalue weighted by Gasteiger charge is -2.16. The Kier molecular flexibility index (Phi) is 6.69. The molecule has 0 bridgehead atoms. The molecule has 3 N–H and O–H groups in total. The zero-order chi connectivity index (χ0) is 25.0. The number of amides is 2. The van der Waals surface area contributed by atoms with E-state index < -0.39 is 11.4 Å². The van der Waals surface area contributed by atoms with E-state index in [1.165, 1.54) is 6.33 Å². The van der Waals surface area contributed by atoms with Gasteiger partial charge in [-0.15, -0.1) is 0 Å². The van der Waals surface area contributed by atoms with E-state index in [1.807, 2.05) is 13.8 Å². The lowest BCUT2D eigenvalue weighted by molar-refractivity contribution is 0.210. The minimum Gasteiger partial charge on any atom is -0.493 e. The van der Waals surface area contributed by atoms with E-state index in [4.69, 9.17) is 18.7 Å². The number of ether oxygens (including phenoxy) is 3. The van der Waals surface area contributed by atoms with Crippen molar-refractivity contribution in [3.8, 4) is 23.1 Å². The summed E-state index contributed by atoms with van der Waals surface area (Å²) in [5.74, 6) is 1.98. The zero-order valence-electron chi connectivity index (χ0n) is 19.7. The average Bonchev–Trinajstić information content (AvgIpc) is 3.33. The van der Waals surface area contributed by atoms with Crippen LogP contribution in [-0.2, 0) is 5.41 Å². The molecule has 0 radical (unpaired) electrons. The number of urea groups is 1. The smallest absolute Gasteiger partial charge is 0.326 e. The highest BCUT2D eigenvalue weighted by atomic mass is 16.5. The van der Waals surface area contributed by atoms with E-state index in [1.54, 1.807) is 56.7 Å². The molecular weight excluding hydrogens is 454 g/mol. The summed E-state index contributed by atoms with van der Waals surface area (Å²) in [6.45, 7) is 3.52. The van der Waals surface area contributed by atoms with E-state index >= 15 is 0 Å². The first kappa shape index (κ1) is 23.8. The lowest BCUT2D eigenvalue weighted by Crippen LogP contribution is -2.22. The molecule has 11 nitrogen and oxygen atoms in total. The minimum atomic E-state index is -0.591. The number of methoxy groups -OCH3 is 2. The third kappa shape index (κ3) is 5.25. The molecule has 4 aromatic rings. The highest BCUT2D eigenvalue weighted by molar-refractivity contribution is 5.99. The maximum atomic E-state index is 12.4. The van der Waals surface area contributed by atoms with Crippen LogP contribution in [0.1, 0.15) is 19.5 Å². The Balaban J connectivity index is 1.49. The molecule has 35 heavy (non-hydrogen) atoms. The van der Waals surface area contributed by atoms with E-state index in [0.29, 0.717) is 45.4 Å². The Morgan fingerprint density at radius 3 is 2.57 bits per heavy atom. The van der Waals surface area contributed by atoms with Gasteiger partial charge in [-0.1, -0.05) is 25.1 Å². The molecule has 2 aromatic carbocycles. The standard InChI is InChI=1S/C24H25N5O6/c1-24(2,12-30)20-11-21(35-29-20)28-23(31)27-14-6-5-7-15(8-14)34-22-16-9-18(32-3)19(33-4)10-17(16)25-13-26-22/h5-11,13,30H,12H2,1-4H3,(H2,27,28,31). The lowest BCUT2D eigenvalue weighted by atomic mass is 9.91. The van der Waals surface area contributed by atoms with Gasteiger partial charge in [0.1, 0.15) is 12.1 Å². The van der Waals surface area contributed by atoms with Crippen LogP contribution in [0.4, 0.5) is 16.4 Å². The van der Waals surface area contributed by atoms with Crippen molar-refractivity contribution in [2.45, 2.75) is 19.3 Å². The normalized spacial score (nSPS) is 11.2. The fraction of sp³-hybridized carbons (Fsp3) is 0.250. The van der Waals surface area contributed by atoms with Gasteiger partial charge in [0.15, 0.2) is 11.5 Å². The molecule has 0 atom stereocenters. The largest absolute Gasteiger partial charge is 0.493 e. The predicted octanol–water partition coefficient (Wildman–Crippen LogP) is 4.34. The quantitative estimate of drug-likeness (QED) is 0.336. The topological polar surface area (TPSA) is 141 Å². The van der Waals surface area contributed by atoms with Crippen molar-refractivity contribution >= 4 is 28.5 Å². The van der Waals surface area contributed by atoms with Crippen LogP contribution in [0, 0.1) is 0 Å². The molecule has 2 heterocycles. The molecule has 0 aliphatic carbocycles. The summed E-state index contributed by atoms with van der Waals surface area (Å²) in [6, 6.07) is 11.3. The van der Waals surface area contributed by atoms with Crippen molar-refractivity contribution < 1.29 is 28.6 Å². The molecule has 2 aromatic heterocycles. The Hall–Kier alpha value is -4.38. The van der Waals surface area contributed by atoms with Crippen molar-refractivity contribution in [1.29, 1.82) is 0 Å². The molecule has 182 valence electrons. The van der Waals surface area contributed by atoms with Gasteiger partial charge in [0.25, 0.3) is 0 Å². The van der Waals surface area contributed by atoms with Crippen molar-refractivity contribution in [2.75, 3.05) is 31.5 Å². The number of benzene rings is 2. The predicted molar refractivity (Wildman–Crippen MR) is 128 cm³/mol. The Morgan fingerprint density at radius 1 is 1.06 bits per heavy atom. The van der Waals surface area contributed by atoms with Crippen LogP contribution < -0.4 is 24.8 Å². The highest BCUT2D eigenvalue weighted by Crippen LogP contribution is 2.36. The number of carbonyl (C=O) groups is 1. The van der Waals surface area contributed by atoms with Gasteiger partial charge in [-0.3, -0.25) is 5.32 Å². The maximum Gasteiger partial charge on any atom is 0.326 e. The first-order valence-electron chi connectivity index (χ1n) is 10.6. The van der Waals surface area contributed by atoms with Crippen molar-refractivity contribution in [3.05, 3.63) is 54.5 Å². The van der Waals surface area contributed by atoms with Gasteiger partial charge >= 0.3 is 6.03 Å². The fourth-order valence-corrected chi connectivity index (χ4v) is 3.20. The molecule has 0 spiro atoms. The summed E-state index contributed by atoms with van der Waals surface area (Å²) in [4.78, 5) is 20.9. The Bertz CT molecular complexity index is 1350. The van der Waals surface area contributed by atoms with Crippen LogP contribution in [0.15, 0.2) is 53.3 Å². The Labute approximate surface area is 201 Å². The van der Waals surface area contributed by atoms with Crippen LogP contribution in [0.2, 0.25) is 0 Å². The molecule has 2 amide bonds. The molecule has 4 rings (SSSR count). The summed E-state index contributed by atoms with van der Waals surface area (Å²) >= 11 is 0. The molecule has 0 saturated carbocycles. The number of aromatic nitrogens is 3. The number of carbonyl (C=O) groups excluding carboxylic acids is 1. The minimum absolute atomic E-state index is 0.111. The summed E-state index contributed by atoms with van der Waals surface area (Å²) in [7, 11) is 3.09. The number of hydrogen-bond acceptors (Lipinski definition) is 9. The van der Waals surface area contributed by atoms with Gasteiger partial charge in [0.05, 0.1) is 37.4 Å². The van der Waals surface area contributed by atoms with Gasteiger partial charge in [-0.2, -0.15) is 0 Å². The van der Waals surface area contributed by atoms with Crippen LogP contribution in [0.25, 0.3) is 10.9 Å². The average molecular weight is 479 g/mol. The molecule has 0 aliphatic rings. The zero-order valence-corrected chi connectivity index (χ0v) is 19.7. The second-order valence-electron chi connectivity index (χ2n) is 8.23. The number of hydrogen-bond donors (Lipinski definition) is 3. The number of fused-ring (bicyclic) bond motifs is 1. The van der Waals surface area contributed by atoms with E-state index in [2.05, 4.69) is 25.8 Å². The molecule has 11 heteroatoms. The number of nitrogens with one attached hydrogen (secondary N) is 2. The number of nitrogens with zero attached hydrogens (tertiary/aromatic N) is 3. The number of anilines is 2. The highest BCUT2D eigenvalue weighted by Gasteiger charge is 2.24. The van der Waals surface area contributed by atoms with Gasteiger partial charge in [-0.05, 0) is 18.2 Å². The SMILES string of the molecule is COc1cc2ncnc(Oc3cccc(NC(=O)Nc4cc(C(C)(C)CO)no4)c3)c2cc1OC. The first-order valence-corrected chi connectivity index (χ1v) is 10.6. The third-order valence-corrected chi connectivity index (χ3v) is 5.25. The number of rotatable bonds is 8.